The van der Waals surface area contributed by atoms with Crippen molar-refractivity contribution in [3.05, 3.63) is 71.3 Å². The highest BCUT2D eigenvalue weighted by Crippen LogP contribution is 2.29. The second kappa shape index (κ2) is 12.7. The summed E-state index contributed by atoms with van der Waals surface area (Å²) in [4.78, 5) is 24.3. The van der Waals surface area contributed by atoms with E-state index in [9.17, 15) is 14.9 Å². The van der Waals surface area contributed by atoms with Crippen LogP contribution in [0.4, 0.5) is 0 Å². The number of nitrogens with one attached hydrogen (secondary N) is 1. The zero-order valence-electron chi connectivity index (χ0n) is 19.1. The Hall–Kier alpha value is -4.05. The van der Waals surface area contributed by atoms with Gasteiger partial charge in [-0.05, 0) is 61.2 Å². The molecule has 0 saturated carbocycles. The topological polar surface area (TPSA) is 97.7 Å². The number of aryl methyl sites for hydroxylation is 2. The summed E-state index contributed by atoms with van der Waals surface area (Å²) in [5, 5.41) is 11.8. The van der Waals surface area contributed by atoms with Crippen LogP contribution in [0.5, 0.6) is 17.2 Å². The van der Waals surface area contributed by atoms with Crippen molar-refractivity contribution in [3.8, 4) is 23.3 Å². The summed E-state index contributed by atoms with van der Waals surface area (Å²) in [7, 11) is 1.44. The molecule has 1 amide bonds. The molecule has 2 aromatic carbocycles. The standard InChI is InChI=1S/C26H28N2O5/c1-5-12-28-26(30)21(17-27)15-20-10-11-22(24(16-20)31-4)33-25(29)7-6-13-32-23-14-18(2)8-9-19(23)3/h5,8-11,14-16H,1,6-7,12-13H2,2-4H3,(H,28,30)/b21-15+. The average Bonchev–Trinajstić information content (AvgIpc) is 2.81. The van der Waals surface area contributed by atoms with E-state index in [2.05, 4.69) is 11.9 Å². The Morgan fingerprint density at radius 3 is 2.61 bits per heavy atom. The van der Waals surface area contributed by atoms with Crippen LogP contribution in [0.2, 0.25) is 0 Å². The molecule has 7 nitrogen and oxygen atoms in total. The number of esters is 1. The van der Waals surface area contributed by atoms with Crippen molar-refractivity contribution >= 4 is 18.0 Å². The van der Waals surface area contributed by atoms with Gasteiger partial charge in [0.15, 0.2) is 11.5 Å². The van der Waals surface area contributed by atoms with Gasteiger partial charge in [-0.1, -0.05) is 24.3 Å². The number of carbonyl (C=O) groups excluding carboxylic acids is 2. The summed E-state index contributed by atoms with van der Waals surface area (Å²) in [5.41, 5.74) is 2.64. The van der Waals surface area contributed by atoms with Gasteiger partial charge in [0.05, 0.1) is 13.7 Å². The molecule has 1 N–H and O–H groups in total. The molecule has 0 aliphatic rings. The first-order valence-corrected chi connectivity index (χ1v) is 10.5. The summed E-state index contributed by atoms with van der Waals surface area (Å²) in [6.07, 6.45) is 3.63. The van der Waals surface area contributed by atoms with Crippen LogP contribution in [-0.4, -0.2) is 32.1 Å². The first-order valence-electron chi connectivity index (χ1n) is 10.5. The lowest BCUT2D eigenvalue weighted by Gasteiger charge is -2.11. The van der Waals surface area contributed by atoms with Gasteiger partial charge in [0.1, 0.15) is 17.4 Å². The number of amides is 1. The SMILES string of the molecule is C=CCNC(=O)/C(C#N)=C/c1ccc(OC(=O)CCCOc2cc(C)ccc2C)c(OC)c1. The van der Waals surface area contributed by atoms with Crippen molar-refractivity contribution in [1.82, 2.24) is 5.32 Å². The second-order valence-corrected chi connectivity index (χ2v) is 7.27. The maximum atomic E-state index is 12.3. The van der Waals surface area contributed by atoms with Gasteiger partial charge in [0, 0.05) is 13.0 Å². The normalized spacial score (nSPS) is 10.7. The fraction of sp³-hybridized carbons (Fsp3) is 0.269. The van der Waals surface area contributed by atoms with Crippen LogP contribution in [-0.2, 0) is 9.59 Å². The number of ether oxygens (including phenoxy) is 3. The first-order chi connectivity index (χ1) is 15.9. The number of carbonyl (C=O) groups is 2. The highest BCUT2D eigenvalue weighted by atomic mass is 16.6. The quantitative estimate of drug-likeness (QED) is 0.138. The minimum absolute atomic E-state index is 0.0625. The van der Waals surface area contributed by atoms with E-state index in [0.717, 1.165) is 16.9 Å². The summed E-state index contributed by atoms with van der Waals surface area (Å²) < 4.78 is 16.5. The van der Waals surface area contributed by atoms with Gasteiger partial charge >= 0.3 is 5.97 Å². The van der Waals surface area contributed by atoms with Crippen LogP contribution in [0, 0.1) is 25.2 Å². The third kappa shape index (κ3) is 7.86. The molecule has 0 heterocycles. The maximum Gasteiger partial charge on any atom is 0.311 e. The minimum Gasteiger partial charge on any atom is -0.493 e. The van der Waals surface area contributed by atoms with Crippen molar-refractivity contribution in [2.45, 2.75) is 26.7 Å². The Bertz CT molecular complexity index is 1080. The maximum absolute atomic E-state index is 12.3. The first kappa shape index (κ1) is 25.2. The second-order valence-electron chi connectivity index (χ2n) is 7.27. The zero-order chi connectivity index (χ0) is 24.2. The van der Waals surface area contributed by atoms with E-state index in [0.29, 0.717) is 24.3 Å². The Labute approximate surface area is 194 Å². The third-order valence-electron chi connectivity index (χ3n) is 4.62. The fourth-order valence-electron chi connectivity index (χ4n) is 2.87. The highest BCUT2D eigenvalue weighted by molar-refractivity contribution is 6.01. The Morgan fingerprint density at radius 1 is 1.12 bits per heavy atom. The lowest BCUT2D eigenvalue weighted by Crippen LogP contribution is -2.24. The number of methoxy groups -OCH3 is 1. The van der Waals surface area contributed by atoms with Gasteiger partial charge in [0.25, 0.3) is 5.91 Å². The molecule has 0 saturated heterocycles. The summed E-state index contributed by atoms with van der Waals surface area (Å²) in [6.45, 7) is 8.14. The molecule has 0 radical (unpaired) electrons. The molecule has 2 rings (SSSR count). The van der Waals surface area contributed by atoms with Gasteiger partial charge in [-0.15, -0.1) is 6.58 Å². The number of hydrogen-bond acceptors (Lipinski definition) is 6. The molecule has 0 bridgehead atoms. The van der Waals surface area contributed by atoms with Crippen LogP contribution >= 0.6 is 0 Å². The molecule has 0 aliphatic heterocycles. The van der Waals surface area contributed by atoms with Crippen LogP contribution in [0.1, 0.15) is 29.5 Å². The van der Waals surface area contributed by atoms with Gasteiger partial charge in [-0.25, -0.2) is 0 Å². The van der Waals surface area contributed by atoms with E-state index in [1.165, 1.54) is 19.3 Å². The fourth-order valence-corrected chi connectivity index (χ4v) is 2.87. The molecule has 7 heteroatoms. The molecule has 2 aromatic rings. The molecule has 0 spiro atoms. The van der Waals surface area contributed by atoms with E-state index < -0.39 is 11.9 Å². The molecule has 33 heavy (non-hydrogen) atoms. The Morgan fingerprint density at radius 2 is 1.91 bits per heavy atom. The lowest BCUT2D eigenvalue weighted by atomic mass is 10.1. The minimum atomic E-state index is -0.505. The summed E-state index contributed by atoms with van der Waals surface area (Å²) in [6, 6.07) is 12.6. The molecule has 0 atom stereocenters. The zero-order valence-corrected chi connectivity index (χ0v) is 19.1. The summed E-state index contributed by atoms with van der Waals surface area (Å²) >= 11 is 0. The van der Waals surface area contributed by atoms with E-state index >= 15 is 0 Å². The summed E-state index contributed by atoms with van der Waals surface area (Å²) in [5.74, 6) is 0.457. The monoisotopic (exact) mass is 448 g/mol. The predicted molar refractivity (Wildman–Crippen MR) is 126 cm³/mol. The molecule has 172 valence electrons. The van der Waals surface area contributed by atoms with Crippen molar-refractivity contribution in [2.75, 3.05) is 20.3 Å². The molecule has 0 aliphatic carbocycles. The molecule has 0 unspecified atom stereocenters. The van der Waals surface area contributed by atoms with Gasteiger partial charge in [-0.2, -0.15) is 5.26 Å². The molecular formula is C26H28N2O5. The van der Waals surface area contributed by atoms with Gasteiger partial charge in [-0.3, -0.25) is 9.59 Å². The van der Waals surface area contributed by atoms with Crippen LogP contribution in [0.3, 0.4) is 0 Å². The van der Waals surface area contributed by atoms with E-state index in [4.69, 9.17) is 14.2 Å². The number of nitriles is 1. The Balaban J connectivity index is 1.96. The average molecular weight is 449 g/mol. The molecular weight excluding hydrogens is 420 g/mol. The Kier molecular flexibility index (Phi) is 9.72. The van der Waals surface area contributed by atoms with Gasteiger partial charge < -0.3 is 19.5 Å². The molecule has 0 aromatic heterocycles. The van der Waals surface area contributed by atoms with Crippen molar-refractivity contribution in [1.29, 1.82) is 5.26 Å². The highest BCUT2D eigenvalue weighted by Gasteiger charge is 2.13. The van der Waals surface area contributed by atoms with Gasteiger partial charge in [0.2, 0.25) is 0 Å². The number of nitrogens with zero attached hydrogens (tertiary/aromatic N) is 1. The smallest absolute Gasteiger partial charge is 0.311 e. The number of benzene rings is 2. The van der Waals surface area contributed by atoms with E-state index in [1.54, 1.807) is 18.2 Å². The van der Waals surface area contributed by atoms with Crippen LogP contribution in [0.15, 0.2) is 54.6 Å². The number of rotatable bonds is 11. The largest absolute Gasteiger partial charge is 0.493 e. The molecule has 0 fully saturated rings. The third-order valence-corrected chi connectivity index (χ3v) is 4.62. The van der Waals surface area contributed by atoms with Crippen LogP contribution < -0.4 is 19.5 Å². The van der Waals surface area contributed by atoms with E-state index in [1.807, 2.05) is 38.1 Å². The number of hydrogen-bond donors (Lipinski definition) is 1. The predicted octanol–water partition coefficient (Wildman–Crippen LogP) is 4.29. The van der Waals surface area contributed by atoms with E-state index in [-0.39, 0.29) is 24.3 Å². The van der Waals surface area contributed by atoms with Crippen molar-refractivity contribution in [2.24, 2.45) is 0 Å². The van der Waals surface area contributed by atoms with Crippen molar-refractivity contribution in [3.63, 3.8) is 0 Å². The van der Waals surface area contributed by atoms with Crippen molar-refractivity contribution < 1.29 is 23.8 Å². The lowest BCUT2D eigenvalue weighted by molar-refractivity contribution is -0.134. The van der Waals surface area contributed by atoms with Crippen LogP contribution in [0.25, 0.3) is 6.08 Å².